The van der Waals surface area contributed by atoms with Crippen molar-refractivity contribution in [3.8, 4) is 0 Å². The monoisotopic (exact) mass is 344 g/mol. The van der Waals surface area contributed by atoms with Gasteiger partial charge in [0.2, 0.25) is 0 Å². The minimum atomic E-state index is -1.58. The first-order valence-corrected chi connectivity index (χ1v) is 8.01. The molecule has 0 saturated carbocycles. The van der Waals surface area contributed by atoms with Crippen LogP contribution in [0.15, 0.2) is 18.6 Å². The first kappa shape index (κ1) is 16.2. The second-order valence-corrected chi connectivity index (χ2v) is 6.73. The largest absolute Gasteiger partial charge is 0.394 e. The number of hydrogen-bond acceptors (Lipinski definition) is 6. The summed E-state index contributed by atoms with van der Waals surface area (Å²) in [6.45, 7) is 7.00. The van der Waals surface area contributed by atoms with E-state index in [-0.39, 0.29) is 6.61 Å². The summed E-state index contributed by atoms with van der Waals surface area (Å²) in [5, 5.41) is 32.8. The van der Waals surface area contributed by atoms with E-state index in [1.54, 1.807) is 4.57 Å². The van der Waals surface area contributed by atoms with Gasteiger partial charge in [0.15, 0.2) is 6.23 Å². The van der Waals surface area contributed by atoms with Crippen molar-refractivity contribution in [1.82, 2.24) is 19.5 Å². The van der Waals surface area contributed by atoms with Crippen LogP contribution in [0.1, 0.15) is 18.7 Å². The molecule has 1 saturated heterocycles. The molecular formula is C17H20N4O4. The van der Waals surface area contributed by atoms with Crippen LogP contribution < -0.4 is 5.35 Å². The molecule has 0 spiro atoms. The summed E-state index contributed by atoms with van der Waals surface area (Å²) in [4.78, 5) is 11.8. The summed E-state index contributed by atoms with van der Waals surface area (Å²) in [6.07, 6.45) is 0.258. The Morgan fingerprint density at radius 1 is 1.44 bits per heavy atom. The first-order chi connectivity index (χ1) is 11.8. The summed E-state index contributed by atoms with van der Waals surface area (Å²) in [7, 11) is 0. The Kier molecular flexibility index (Phi) is 3.48. The van der Waals surface area contributed by atoms with Crippen LogP contribution >= 0.6 is 0 Å². The van der Waals surface area contributed by atoms with Crippen LogP contribution in [0, 0.1) is 6.92 Å². The highest BCUT2D eigenvalue weighted by atomic mass is 16.6. The zero-order valence-corrected chi connectivity index (χ0v) is 14.0. The molecule has 132 valence electrons. The summed E-state index contributed by atoms with van der Waals surface area (Å²) in [6, 6.07) is 1.90. The number of aliphatic hydroxyl groups excluding tert-OH is 2. The summed E-state index contributed by atoms with van der Waals surface area (Å²) in [5.41, 5.74) is 0.562. The van der Waals surface area contributed by atoms with Crippen molar-refractivity contribution in [3.63, 3.8) is 0 Å². The third kappa shape index (κ3) is 2.22. The molecule has 3 aromatic rings. The molecule has 8 nitrogen and oxygen atoms in total. The Labute approximate surface area is 143 Å². The van der Waals surface area contributed by atoms with Gasteiger partial charge in [0, 0.05) is 16.9 Å². The molecule has 1 fully saturated rings. The Hall–Kier alpha value is -2.26. The highest BCUT2D eigenvalue weighted by molar-refractivity contribution is 6.05. The maximum absolute atomic E-state index is 10.8. The number of aliphatic hydroxyl groups is 3. The van der Waals surface area contributed by atoms with Gasteiger partial charge < -0.3 is 29.6 Å². The van der Waals surface area contributed by atoms with E-state index >= 15 is 0 Å². The highest BCUT2D eigenvalue weighted by Gasteiger charge is 2.53. The van der Waals surface area contributed by atoms with E-state index in [0.29, 0.717) is 11.3 Å². The van der Waals surface area contributed by atoms with Crippen molar-refractivity contribution in [2.45, 2.75) is 37.9 Å². The average Bonchev–Trinajstić information content (AvgIpc) is 3.00. The van der Waals surface area contributed by atoms with E-state index in [1.807, 2.05) is 19.2 Å². The molecule has 0 bridgehead atoms. The molecule has 3 aromatic heterocycles. The van der Waals surface area contributed by atoms with Crippen LogP contribution in [0.2, 0.25) is 0 Å². The number of nitrogens with zero attached hydrogens (tertiary/aromatic N) is 3. The van der Waals surface area contributed by atoms with Crippen LogP contribution in [0.5, 0.6) is 0 Å². The molecule has 0 aliphatic carbocycles. The topological polar surface area (TPSA) is 116 Å². The summed E-state index contributed by atoms with van der Waals surface area (Å²) < 4.78 is 7.42. The van der Waals surface area contributed by atoms with Crippen LogP contribution in [0.25, 0.3) is 28.6 Å². The number of ether oxygens (including phenoxy) is 1. The Bertz CT molecular complexity index is 1020. The normalized spacial score (nSPS) is 29.7. The number of H-pyrrole nitrogens is 1. The van der Waals surface area contributed by atoms with Gasteiger partial charge in [0.1, 0.15) is 35.4 Å². The van der Waals surface area contributed by atoms with Crippen LogP contribution in [-0.4, -0.2) is 59.3 Å². The van der Waals surface area contributed by atoms with E-state index in [0.717, 1.165) is 21.7 Å². The number of hydrogen-bond donors (Lipinski definition) is 4. The van der Waals surface area contributed by atoms with Crippen molar-refractivity contribution in [2.75, 3.05) is 6.61 Å². The lowest BCUT2D eigenvalue weighted by Gasteiger charge is -2.27. The minimum absolute atomic E-state index is 0.388. The first-order valence-electron chi connectivity index (χ1n) is 8.01. The highest BCUT2D eigenvalue weighted by Crippen LogP contribution is 2.41. The number of aromatic nitrogens is 4. The lowest BCUT2D eigenvalue weighted by molar-refractivity contribution is -0.0947. The second kappa shape index (κ2) is 5.37. The molecule has 4 rings (SSSR count). The standard InChI is InChI=1S/C17H20N4O4/c1-8-4-9(2)20-14-12-10(8)5-21(15(12)19-7-18-14)16-17(3,24)13(23)11(6-22)25-16/h4-5,7,11,13,16,22-24H,2,6H2,1,3H3,(H,18,19,20)/t11-,13-,16-,17-/m1/s1. The van der Waals surface area contributed by atoms with E-state index in [9.17, 15) is 15.3 Å². The number of aromatic amines is 1. The fourth-order valence-electron chi connectivity index (χ4n) is 3.57. The summed E-state index contributed by atoms with van der Waals surface area (Å²) >= 11 is 0. The second-order valence-electron chi connectivity index (χ2n) is 6.73. The third-order valence-electron chi connectivity index (χ3n) is 4.89. The number of aryl methyl sites for hydroxylation is 1. The van der Waals surface area contributed by atoms with Crippen molar-refractivity contribution in [2.24, 2.45) is 0 Å². The fraction of sp³-hybridized carbons (Fsp3) is 0.412. The Balaban J connectivity index is 2.02. The molecule has 4 atom stereocenters. The molecule has 0 radical (unpaired) electrons. The third-order valence-corrected chi connectivity index (χ3v) is 4.89. The van der Waals surface area contributed by atoms with E-state index < -0.39 is 24.0 Å². The molecule has 0 aromatic carbocycles. The number of rotatable bonds is 2. The molecule has 25 heavy (non-hydrogen) atoms. The molecular weight excluding hydrogens is 324 g/mol. The van der Waals surface area contributed by atoms with E-state index in [2.05, 4.69) is 21.5 Å². The van der Waals surface area contributed by atoms with E-state index in [4.69, 9.17) is 4.74 Å². The van der Waals surface area contributed by atoms with Crippen LogP contribution in [-0.2, 0) is 4.74 Å². The van der Waals surface area contributed by atoms with Gasteiger partial charge in [-0.1, -0.05) is 6.58 Å². The lowest BCUT2D eigenvalue weighted by atomic mass is 9.96. The van der Waals surface area contributed by atoms with E-state index in [1.165, 1.54) is 13.3 Å². The van der Waals surface area contributed by atoms with Gasteiger partial charge in [-0.15, -0.1) is 0 Å². The van der Waals surface area contributed by atoms with Gasteiger partial charge in [-0.05, 0) is 25.5 Å². The van der Waals surface area contributed by atoms with Crippen molar-refractivity contribution < 1.29 is 20.1 Å². The molecule has 4 N–H and O–H groups in total. The van der Waals surface area contributed by atoms with Crippen molar-refractivity contribution in [1.29, 1.82) is 0 Å². The SMILES string of the molecule is C=c1cc(C)c2cn([C@@H]3O[C@H](CO)[C@@H](O)[C@@]3(C)O)c3ncnc([nH]1)c23. The van der Waals surface area contributed by atoms with Gasteiger partial charge in [0.25, 0.3) is 0 Å². The molecule has 0 amide bonds. The van der Waals surface area contributed by atoms with Gasteiger partial charge in [-0.3, -0.25) is 0 Å². The molecule has 1 aliphatic heterocycles. The number of nitrogens with one attached hydrogen (secondary N) is 1. The summed E-state index contributed by atoms with van der Waals surface area (Å²) in [5.74, 6) is 0. The van der Waals surface area contributed by atoms with Crippen molar-refractivity contribution in [3.05, 3.63) is 29.5 Å². The lowest BCUT2D eigenvalue weighted by Crippen LogP contribution is -2.44. The molecule has 0 unspecified atom stereocenters. The Morgan fingerprint density at radius 2 is 2.20 bits per heavy atom. The minimum Gasteiger partial charge on any atom is -0.394 e. The maximum Gasteiger partial charge on any atom is 0.167 e. The van der Waals surface area contributed by atoms with Gasteiger partial charge in [-0.2, -0.15) is 0 Å². The predicted molar refractivity (Wildman–Crippen MR) is 91.3 cm³/mol. The molecule has 1 aliphatic rings. The zero-order valence-electron chi connectivity index (χ0n) is 14.0. The van der Waals surface area contributed by atoms with Crippen LogP contribution in [0.3, 0.4) is 0 Å². The smallest absolute Gasteiger partial charge is 0.167 e. The predicted octanol–water partition coefficient (Wildman–Crippen LogP) is -0.0860. The quantitative estimate of drug-likeness (QED) is 0.516. The van der Waals surface area contributed by atoms with Crippen LogP contribution in [0.4, 0.5) is 0 Å². The molecule has 4 heterocycles. The van der Waals surface area contributed by atoms with Gasteiger partial charge in [0.05, 0.1) is 12.0 Å². The molecule has 8 heteroatoms. The van der Waals surface area contributed by atoms with Gasteiger partial charge >= 0.3 is 0 Å². The zero-order chi connectivity index (χ0) is 17.9. The Morgan fingerprint density at radius 3 is 2.88 bits per heavy atom. The maximum atomic E-state index is 10.8. The van der Waals surface area contributed by atoms with Crippen molar-refractivity contribution >= 4 is 28.6 Å². The average molecular weight is 344 g/mol. The fourth-order valence-corrected chi connectivity index (χ4v) is 3.57. The van der Waals surface area contributed by atoms with Gasteiger partial charge in [-0.25, -0.2) is 9.97 Å².